The zero-order valence-corrected chi connectivity index (χ0v) is 11.3. The van der Waals surface area contributed by atoms with E-state index in [1.165, 1.54) is 17.1 Å². The third-order valence-corrected chi connectivity index (χ3v) is 2.97. The molecule has 0 bridgehead atoms. The van der Waals surface area contributed by atoms with Crippen molar-refractivity contribution in [1.82, 2.24) is 24.7 Å². The summed E-state index contributed by atoms with van der Waals surface area (Å²) in [5, 5.41) is 8.23. The number of nitrogens with zero attached hydrogens (tertiary/aromatic N) is 5. The van der Waals surface area contributed by atoms with Gasteiger partial charge in [-0.2, -0.15) is 0 Å². The van der Waals surface area contributed by atoms with E-state index in [2.05, 4.69) is 20.2 Å². The number of amides is 1. The fraction of sp³-hybridized carbons (Fsp3) is 0.0714. The number of rotatable bonds is 3. The molecule has 3 rings (SSSR count). The van der Waals surface area contributed by atoms with Gasteiger partial charge in [-0.3, -0.25) is 14.3 Å². The van der Waals surface area contributed by atoms with Gasteiger partial charge in [-0.05, 0) is 36.8 Å². The van der Waals surface area contributed by atoms with Crippen LogP contribution in [0.3, 0.4) is 0 Å². The van der Waals surface area contributed by atoms with Crippen molar-refractivity contribution in [2.45, 2.75) is 6.92 Å². The molecule has 0 aliphatic heterocycles. The molecule has 0 aromatic carbocycles. The predicted molar refractivity (Wildman–Crippen MR) is 75.6 cm³/mol. The highest BCUT2D eigenvalue weighted by Gasteiger charge is 2.11. The number of aryl methyl sites for hydroxylation is 1. The van der Waals surface area contributed by atoms with E-state index in [9.17, 15) is 4.79 Å². The van der Waals surface area contributed by atoms with Crippen LogP contribution in [0.1, 0.15) is 16.1 Å². The van der Waals surface area contributed by atoms with Crippen LogP contribution in [0, 0.1) is 6.92 Å². The Morgan fingerprint density at radius 1 is 1.19 bits per heavy atom. The second-order valence-electron chi connectivity index (χ2n) is 4.51. The Bertz CT molecular complexity index is 793. The van der Waals surface area contributed by atoms with Gasteiger partial charge in [0.05, 0.1) is 11.9 Å². The molecule has 21 heavy (non-hydrogen) atoms. The largest absolute Gasteiger partial charge is 0.364 e. The van der Waals surface area contributed by atoms with Gasteiger partial charge in [0.15, 0.2) is 5.82 Å². The van der Waals surface area contributed by atoms with Crippen molar-refractivity contribution in [2.75, 3.05) is 0 Å². The first kappa shape index (κ1) is 12.9. The molecule has 0 atom stereocenters. The highest BCUT2D eigenvalue weighted by molar-refractivity contribution is 5.91. The summed E-state index contributed by atoms with van der Waals surface area (Å²) in [7, 11) is 0. The molecule has 0 fully saturated rings. The van der Waals surface area contributed by atoms with Gasteiger partial charge in [0.2, 0.25) is 0 Å². The van der Waals surface area contributed by atoms with Crippen molar-refractivity contribution in [3.63, 3.8) is 0 Å². The fourth-order valence-corrected chi connectivity index (χ4v) is 1.93. The van der Waals surface area contributed by atoms with Crippen LogP contribution >= 0.6 is 0 Å². The molecule has 2 N–H and O–H groups in total. The minimum atomic E-state index is -0.571. The van der Waals surface area contributed by atoms with E-state index >= 15 is 0 Å². The lowest BCUT2D eigenvalue weighted by Crippen LogP contribution is -2.16. The Labute approximate surface area is 120 Å². The van der Waals surface area contributed by atoms with Crippen molar-refractivity contribution in [2.24, 2.45) is 5.73 Å². The SMILES string of the molecule is Cc1ccnc(-c2ccc(-n3cncc3C(N)=O)nn2)c1. The maximum Gasteiger partial charge on any atom is 0.267 e. The molecular weight excluding hydrogens is 268 g/mol. The van der Waals surface area contributed by atoms with Gasteiger partial charge in [0.1, 0.15) is 17.7 Å². The minimum Gasteiger partial charge on any atom is -0.364 e. The quantitative estimate of drug-likeness (QED) is 0.775. The zero-order valence-electron chi connectivity index (χ0n) is 11.3. The van der Waals surface area contributed by atoms with Gasteiger partial charge in [-0.25, -0.2) is 4.98 Å². The average Bonchev–Trinajstić information content (AvgIpc) is 2.97. The number of nitrogens with two attached hydrogens (primary N) is 1. The minimum absolute atomic E-state index is 0.255. The van der Waals surface area contributed by atoms with E-state index in [1.807, 2.05) is 19.1 Å². The van der Waals surface area contributed by atoms with Gasteiger partial charge in [0, 0.05) is 6.20 Å². The van der Waals surface area contributed by atoms with E-state index in [-0.39, 0.29) is 5.69 Å². The van der Waals surface area contributed by atoms with Gasteiger partial charge in [-0.1, -0.05) is 0 Å². The van der Waals surface area contributed by atoms with E-state index in [0.29, 0.717) is 11.5 Å². The zero-order chi connectivity index (χ0) is 14.8. The molecule has 0 aliphatic carbocycles. The van der Waals surface area contributed by atoms with E-state index in [1.54, 1.807) is 18.3 Å². The molecule has 0 spiro atoms. The number of hydrogen-bond acceptors (Lipinski definition) is 5. The standard InChI is InChI=1S/C14H12N6O/c1-9-4-5-17-11(6-9)10-2-3-13(19-18-10)20-8-16-7-12(20)14(15)21/h2-8H,1H3,(H2,15,21). The number of carbonyl (C=O) groups excluding carboxylic acids is 1. The smallest absolute Gasteiger partial charge is 0.267 e. The molecule has 0 unspecified atom stereocenters. The summed E-state index contributed by atoms with van der Waals surface area (Å²) >= 11 is 0. The van der Waals surface area contributed by atoms with Crippen molar-refractivity contribution in [3.8, 4) is 17.2 Å². The average molecular weight is 280 g/mol. The molecule has 3 heterocycles. The Kier molecular flexibility index (Phi) is 3.15. The van der Waals surface area contributed by atoms with Crippen molar-refractivity contribution < 1.29 is 4.79 Å². The lowest BCUT2D eigenvalue weighted by Gasteiger charge is -2.05. The number of carbonyl (C=O) groups is 1. The monoisotopic (exact) mass is 280 g/mol. The summed E-state index contributed by atoms with van der Waals surface area (Å²) < 4.78 is 1.49. The molecule has 3 aromatic rings. The third-order valence-electron chi connectivity index (χ3n) is 2.97. The first-order valence-electron chi connectivity index (χ1n) is 6.24. The molecule has 7 nitrogen and oxygen atoms in total. The van der Waals surface area contributed by atoms with Gasteiger partial charge < -0.3 is 5.73 Å². The molecule has 0 saturated carbocycles. The summed E-state index contributed by atoms with van der Waals surface area (Å²) in [6, 6.07) is 7.36. The summed E-state index contributed by atoms with van der Waals surface area (Å²) in [5.74, 6) is -0.101. The third kappa shape index (κ3) is 2.48. The molecule has 104 valence electrons. The first-order chi connectivity index (χ1) is 10.1. The van der Waals surface area contributed by atoms with Crippen LogP contribution in [0.2, 0.25) is 0 Å². The summed E-state index contributed by atoms with van der Waals surface area (Å²) in [6.45, 7) is 1.98. The number of aromatic nitrogens is 5. The number of pyridine rings is 1. The molecule has 0 radical (unpaired) electrons. The molecule has 0 saturated heterocycles. The molecule has 7 heteroatoms. The number of hydrogen-bond donors (Lipinski definition) is 1. The fourth-order valence-electron chi connectivity index (χ4n) is 1.93. The molecule has 3 aromatic heterocycles. The van der Waals surface area contributed by atoms with Crippen molar-refractivity contribution in [1.29, 1.82) is 0 Å². The summed E-state index contributed by atoms with van der Waals surface area (Å²) in [4.78, 5) is 19.4. The number of imidazole rings is 1. The highest BCUT2D eigenvalue weighted by Crippen LogP contribution is 2.16. The predicted octanol–water partition coefficient (Wildman–Crippen LogP) is 1.13. The van der Waals surface area contributed by atoms with Crippen molar-refractivity contribution in [3.05, 3.63) is 54.2 Å². The Morgan fingerprint density at radius 3 is 2.71 bits per heavy atom. The normalized spacial score (nSPS) is 10.5. The lowest BCUT2D eigenvalue weighted by atomic mass is 10.2. The second-order valence-corrected chi connectivity index (χ2v) is 4.51. The van der Waals surface area contributed by atoms with E-state index in [4.69, 9.17) is 5.73 Å². The van der Waals surface area contributed by atoms with Crippen LogP contribution in [-0.4, -0.2) is 30.6 Å². The molecule has 0 aliphatic rings. The Hall–Kier alpha value is -3.09. The van der Waals surface area contributed by atoms with Crippen LogP contribution in [0.15, 0.2) is 43.0 Å². The van der Waals surface area contributed by atoms with Gasteiger partial charge >= 0.3 is 0 Å². The maximum atomic E-state index is 11.3. The Balaban J connectivity index is 1.98. The second kappa shape index (κ2) is 5.12. The first-order valence-corrected chi connectivity index (χ1v) is 6.24. The van der Waals surface area contributed by atoms with Crippen LogP contribution < -0.4 is 5.73 Å². The van der Waals surface area contributed by atoms with Crippen LogP contribution in [0.4, 0.5) is 0 Å². The van der Waals surface area contributed by atoms with E-state index < -0.39 is 5.91 Å². The maximum absolute atomic E-state index is 11.3. The van der Waals surface area contributed by atoms with Crippen molar-refractivity contribution >= 4 is 5.91 Å². The summed E-state index contributed by atoms with van der Waals surface area (Å²) in [5.41, 5.74) is 8.03. The lowest BCUT2D eigenvalue weighted by molar-refractivity contribution is 0.0993. The van der Waals surface area contributed by atoms with Gasteiger partial charge in [0.25, 0.3) is 5.91 Å². The van der Waals surface area contributed by atoms with Crippen LogP contribution in [-0.2, 0) is 0 Å². The Morgan fingerprint density at radius 2 is 2.05 bits per heavy atom. The van der Waals surface area contributed by atoms with Gasteiger partial charge in [-0.15, -0.1) is 10.2 Å². The van der Waals surface area contributed by atoms with Crippen LogP contribution in [0.5, 0.6) is 0 Å². The number of primary amides is 1. The van der Waals surface area contributed by atoms with E-state index in [0.717, 1.165) is 11.3 Å². The summed E-state index contributed by atoms with van der Waals surface area (Å²) in [6.07, 6.45) is 4.58. The van der Waals surface area contributed by atoms with Crippen LogP contribution in [0.25, 0.3) is 17.2 Å². The molecule has 1 amide bonds. The molecular formula is C14H12N6O. The highest BCUT2D eigenvalue weighted by atomic mass is 16.1. The topological polar surface area (TPSA) is 99.6 Å².